The topological polar surface area (TPSA) is 46.9 Å². The van der Waals surface area contributed by atoms with E-state index in [-0.39, 0.29) is 11.7 Å². The molecule has 1 heterocycles. The standard InChI is InChI=1S/C26H26FN3O/c1-4-7-11-20(5-2)25-24(26(31)28-18-19-14-16-21(27)17-15-19)23(6-3)30(29-25)22-12-9-8-10-13-22/h4-5,7-17H,1,6,18H2,2-3H3,(H,28,31)/b11-7-,20-5+. The molecule has 1 aromatic heterocycles. The largest absolute Gasteiger partial charge is 0.348 e. The smallest absolute Gasteiger partial charge is 0.255 e. The SMILES string of the molecule is C=C/C=C\C(=C/C)c1nn(-c2ccccc2)c(CC)c1C(=O)NCc1ccc(F)cc1. The van der Waals surface area contributed by atoms with Crippen LogP contribution in [0.5, 0.6) is 0 Å². The first-order valence-corrected chi connectivity index (χ1v) is 10.2. The highest BCUT2D eigenvalue weighted by atomic mass is 19.1. The van der Waals surface area contributed by atoms with Crippen LogP contribution in [-0.2, 0) is 13.0 Å². The van der Waals surface area contributed by atoms with Crippen LogP contribution in [0.4, 0.5) is 4.39 Å². The lowest BCUT2D eigenvalue weighted by Crippen LogP contribution is -2.24. The molecule has 1 amide bonds. The molecule has 5 heteroatoms. The number of nitrogens with zero attached hydrogens (tertiary/aromatic N) is 2. The third-order valence-electron chi connectivity index (χ3n) is 4.91. The maximum absolute atomic E-state index is 13.3. The Hall–Kier alpha value is -3.73. The fourth-order valence-corrected chi connectivity index (χ4v) is 3.36. The van der Waals surface area contributed by atoms with Crippen LogP contribution < -0.4 is 5.32 Å². The molecule has 0 bridgehead atoms. The number of allylic oxidation sites excluding steroid dienone is 5. The molecule has 158 valence electrons. The lowest BCUT2D eigenvalue weighted by Gasteiger charge is -2.09. The Kier molecular flexibility index (Phi) is 7.33. The van der Waals surface area contributed by atoms with Crippen LogP contribution in [0.25, 0.3) is 11.3 Å². The van der Waals surface area contributed by atoms with Gasteiger partial charge in [-0.2, -0.15) is 5.10 Å². The molecule has 0 radical (unpaired) electrons. The molecule has 0 saturated heterocycles. The maximum atomic E-state index is 13.3. The number of carbonyl (C=O) groups excluding carboxylic acids is 1. The van der Waals surface area contributed by atoms with Crippen LogP contribution in [0.2, 0.25) is 0 Å². The monoisotopic (exact) mass is 415 g/mol. The van der Waals surface area contributed by atoms with E-state index in [1.165, 1.54) is 12.1 Å². The van der Waals surface area contributed by atoms with Gasteiger partial charge >= 0.3 is 0 Å². The lowest BCUT2D eigenvalue weighted by molar-refractivity contribution is 0.0949. The Bertz CT molecular complexity index is 1110. The van der Waals surface area contributed by atoms with Crippen LogP contribution in [0.1, 0.15) is 41.2 Å². The van der Waals surface area contributed by atoms with Crippen molar-refractivity contribution in [3.05, 3.63) is 114 Å². The molecule has 31 heavy (non-hydrogen) atoms. The normalized spacial score (nSPS) is 11.6. The summed E-state index contributed by atoms with van der Waals surface area (Å²) in [4.78, 5) is 13.3. The third kappa shape index (κ3) is 5.07. The van der Waals surface area contributed by atoms with E-state index in [0.717, 1.165) is 22.5 Å². The number of amides is 1. The number of benzene rings is 2. The summed E-state index contributed by atoms with van der Waals surface area (Å²) in [5.74, 6) is -0.522. The predicted octanol–water partition coefficient (Wildman–Crippen LogP) is 5.65. The number of rotatable bonds is 8. The highest BCUT2D eigenvalue weighted by molar-refractivity contribution is 6.00. The predicted molar refractivity (Wildman–Crippen MR) is 124 cm³/mol. The highest BCUT2D eigenvalue weighted by Gasteiger charge is 2.24. The van der Waals surface area contributed by atoms with E-state index in [1.807, 2.05) is 67.1 Å². The van der Waals surface area contributed by atoms with E-state index in [0.29, 0.717) is 24.2 Å². The van der Waals surface area contributed by atoms with Gasteiger partial charge in [0.1, 0.15) is 11.5 Å². The summed E-state index contributed by atoms with van der Waals surface area (Å²) in [5.41, 5.74) is 4.51. The van der Waals surface area contributed by atoms with Gasteiger partial charge in [0.15, 0.2) is 0 Å². The van der Waals surface area contributed by atoms with Crippen molar-refractivity contribution in [1.29, 1.82) is 0 Å². The Morgan fingerprint density at radius 1 is 1.16 bits per heavy atom. The summed E-state index contributed by atoms with van der Waals surface area (Å²) in [6, 6.07) is 15.8. The number of nitrogens with one attached hydrogen (secondary N) is 1. The van der Waals surface area contributed by atoms with Gasteiger partial charge in [0.25, 0.3) is 5.91 Å². The minimum atomic E-state index is -0.304. The quantitative estimate of drug-likeness (QED) is 0.483. The van der Waals surface area contributed by atoms with Crippen LogP contribution in [0.3, 0.4) is 0 Å². The van der Waals surface area contributed by atoms with Gasteiger partial charge in [-0.15, -0.1) is 0 Å². The summed E-state index contributed by atoms with van der Waals surface area (Å²) in [5, 5.41) is 7.78. The van der Waals surface area contributed by atoms with Gasteiger partial charge in [0, 0.05) is 6.54 Å². The van der Waals surface area contributed by atoms with Crippen molar-refractivity contribution >= 4 is 11.5 Å². The fraction of sp³-hybridized carbons (Fsp3) is 0.154. The number of hydrogen-bond acceptors (Lipinski definition) is 2. The van der Waals surface area contributed by atoms with Crippen LogP contribution in [0.15, 0.2) is 85.5 Å². The molecule has 0 atom stereocenters. The average molecular weight is 416 g/mol. The molecule has 2 aromatic carbocycles. The molecular weight excluding hydrogens is 389 g/mol. The van der Waals surface area contributed by atoms with Gasteiger partial charge < -0.3 is 5.32 Å². The van der Waals surface area contributed by atoms with Crippen molar-refractivity contribution in [2.45, 2.75) is 26.8 Å². The van der Waals surface area contributed by atoms with Crippen LogP contribution in [0, 0.1) is 5.82 Å². The van der Waals surface area contributed by atoms with Crippen molar-refractivity contribution in [3.8, 4) is 5.69 Å². The summed E-state index contributed by atoms with van der Waals surface area (Å²) < 4.78 is 15.0. The summed E-state index contributed by atoms with van der Waals surface area (Å²) >= 11 is 0. The minimum absolute atomic E-state index is 0.218. The molecule has 0 unspecified atom stereocenters. The van der Waals surface area contributed by atoms with Crippen molar-refractivity contribution in [1.82, 2.24) is 15.1 Å². The second-order valence-corrected chi connectivity index (χ2v) is 6.92. The fourth-order valence-electron chi connectivity index (χ4n) is 3.36. The lowest BCUT2D eigenvalue weighted by atomic mass is 10.0. The molecule has 0 spiro atoms. The van der Waals surface area contributed by atoms with Crippen molar-refractivity contribution in [3.63, 3.8) is 0 Å². The maximum Gasteiger partial charge on any atom is 0.255 e. The summed E-state index contributed by atoms with van der Waals surface area (Å²) in [7, 11) is 0. The summed E-state index contributed by atoms with van der Waals surface area (Å²) in [6.45, 7) is 7.94. The highest BCUT2D eigenvalue weighted by Crippen LogP contribution is 2.26. The van der Waals surface area contributed by atoms with Crippen molar-refractivity contribution in [2.75, 3.05) is 0 Å². The first-order valence-electron chi connectivity index (χ1n) is 10.2. The third-order valence-corrected chi connectivity index (χ3v) is 4.91. The zero-order valence-electron chi connectivity index (χ0n) is 17.8. The zero-order chi connectivity index (χ0) is 22.2. The van der Waals surface area contributed by atoms with Crippen molar-refractivity contribution in [2.24, 2.45) is 0 Å². The van der Waals surface area contributed by atoms with Gasteiger partial charge in [-0.3, -0.25) is 4.79 Å². The van der Waals surface area contributed by atoms with Gasteiger partial charge in [0.05, 0.1) is 16.9 Å². The van der Waals surface area contributed by atoms with E-state index in [1.54, 1.807) is 18.2 Å². The number of aromatic nitrogens is 2. The molecule has 3 aromatic rings. The number of hydrogen-bond donors (Lipinski definition) is 1. The molecule has 1 N–H and O–H groups in total. The van der Waals surface area contributed by atoms with E-state index in [9.17, 15) is 9.18 Å². The first kappa shape index (κ1) is 22.0. The van der Waals surface area contributed by atoms with E-state index < -0.39 is 0 Å². The van der Waals surface area contributed by atoms with Crippen LogP contribution >= 0.6 is 0 Å². The Morgan fingerprint density at radius 2 is 1.87 bits per heavy atom. The van der Waals surface area contributed by atoms with E-state index in [4.69, 9.17) is 5.10 Å². The number of para-hydroxylation sites is 1. The minimum Gasteiger partial charge on any atom is -0.348 e. The Balaban J connectivity index is 2.05. The summed E-state index contributed by atoms with van der Waals surface area (Å²) in [6.07, 6.45) is 7.95. The van der Waals surface area contributed by atoms with Crippen molar-refractivity contribution < 1.29 is 9.18 Å². The Labute approximate surface area is 182 Å². The second kappa shape index (κ2) is 10.3. The van der Waals surface area contributed by atoms with Gasteiger partial charge in [-0.1, -0.05) is 68.1 Å². The van der Waals surface area contributed by atoms with Gasteiger partial charge in [-0.25, -0.2) is 9.07 Å². The molecular formula is C26H26FN3O. The zero-order valence-corrected chi connectivity index (χ0v) is 17.8. The molecule has 0 aliphatic rings. The van der Waals surface area contributed by atoms with Gasteiger partial charge in [-0.05, 0) is 48.7 Å². The first-order chi connectivity index (χ1) is 15.1. The number of carbonyl (C=O) groups is 1. The molecule has 4 nitrogen and oxygen atoms in total. The van der Waals surface area contributed by atoms with E-state index >= 15 is 0 Å². The van der Waals surface area contributed by atoms with E-state index in [2.05, 4.69) is 11.9 Å². The van der Waals surface area contributed by atoms with Gasteiger partial charge in [0.2, 0.25) is 0 Å². The number of halogens is 1. The Morgan fingerprint density at radius 3 is 2.48 bits per heavy atom. The van der Waals surface area contributed by atoms with Crippen LogP contribution in [-0.4, -0.2) is 15.7 Å². The molecule has 0 saturated carbocycles. The molecule has 0 aliphatic carbocycles. The second-order valence-electron chi connectivity index (χ2n) is 6.92. The molecule has 3 rings (SSSR count). The molecule has 0 fully saturated rings. The molecule has 0 aliphatic heterocycles. The average Bonchev–Trinajstić information content (AvgIpc) is 3.19.